The maximum absolute atomic E-state index is 11.8. The third-order valence-corrected chi connectivity index (χ3v) is 2.87. The first-order chi connectivity index (χ1) is 11.2. The van der Waals surface area contributed by atoms with Gasteiger partial charge in [0.15, 0.2) is 18.1 Å². The first-order valence-electron chi connectivity index (χ1n) is 6.85. The summed E-state index contributed by atoms with van der Waals surface area (Å²) in [6.45, 7) is 0.000417. The fourth-order valence-corrected chi connectivity index (χ4v) is 1.80. The van der Waals surface area contributed by atoms with E-state index >= 15 is 0 Å². The molecule has 23 heavy (non-hydrogen) atoms. The molecule has 0 aliphatic carbocycles. The molecule has 5 nitrogen and oxygen atoms in total. The van der Waals surface area contributed by atoms with Crippen LogP contribution < -0.4 is 14.2 Å². The molecule has 0 atom stereocenters. The van der Waals surface area contributed by atoms with Crippen molar-refractivity contribution in [1.82, 2.24) is 0 Å². The summed E-state index contributed by atoms with van der Waals surface area (Å²) in [6.07, 6.45) is 2.96. The van der Waals surface area contributed by atoms with Gasteiger partial charge in [0.2, 0.25) is 0 Å². The lowest BCUT2D eigenvalue weighted by atomic mass is 10.2. The molecule has 0 N–H and O–H groups in total. The van der Waals surface area contributed by atoms with Gasteiger partial charge in [-0.25, -0.2) is 4.79 Å². The van der Waals surface area contributed by atoms with Crippen LogP contribution in [-0.2, 0) is 4.79 Å². The van der Waals surface area contributed by atoms with Crippen molar-refractivity contribution in [3.63, 3.8) is 0 Å². The molecule has 0 unspecified atom stereocenters. The van der Waals surface area contributed by atoms with Gasteiger partial charge in [-0.2, -0.15) is 5.26 Å². The summed E-state index contributed by atoms with van der Waals surface area (Å²) < 4.78 is 15.5. The summed E-state index contributed by atoms with van der Waals surface area (Å²) in [6, 6.07) is 15.8. The topological polar surface area (TPSA) is 68.6 Å². The van der Waals surface area contributed by atoms with Gasteiger partial charge in [-0.3, -0.25) is 0 Å². The van der Waals surface area contributed by atoms with Gasteiger partial charge in [0.1, 0.15) is 11.8 Å². The van der Waals surface area contributed by atoms with Crippen molar-refractivity contribution in [3.8, 4) is 23.3 Å². The van der Waals surface area contributed by atoms with E-state index in [1.807, 2.05) is 6.07 Å². The Morgan fingerprint density at radius 3 is 2.48 bits per heavy atom. The maximum atomic E-state index is 11.8. The second kappa shape index (κ2) is 8.25. The van der Waals surface area contributed by atoms with E-state index in [9.17, 15) is 4.79 Å². The smallest absolute Gasteiger partial charge is 0.336 e. The van der Waals surface area contributed by atoms with Crippen molar-refractivity contribution in [3.05, 3.63) is 60.2 Å². The van der Waals surface area contributed by atoms with E-state index in [0.29, 0.717) is 17.2 Å². The molecule has 2 aromatic carbocycles. The molecule has 0 bridgehead atoms. The zero-order valence-corrected chi connectivity index (χ0v) is 12.6. The van der Waals surface area contributed by atoms with Gasteiger partial charge in [0.25, 0.3) is 0 Å². The predicted molar refractivity (Wildman–Crippen MR) is 85.2 cm³/mol. The van der Waals surface area contributed by atoms with Crippen molar-refractivity contribution < 1.29 is 19.0 Å². The van der Waals surface area contributed by atoms with Gasteiger partial charge in [0.05, 0.1) is 7.11 Å². The van der Waals surface area contributed by atoms with Crippen LogP contribution in [0.4, 0.5) is 0 Å². The molecule has 0 radical (unpaired) electrons. The second-order valence-corrected chi connectivity index (χ2v) is 4.42. The standard InChI is InChI=1S/C18H15NO4/c1-21-16-4-2-3-5-17(16)23-18(20)11-8-14-6-9-15(10-7-14)22-13-12-19/h2-11H,13H2,1H3/b11-8+. The maximum Gasteiger partial charge on any atom is 0.336 e. The zero-order valence-electron chi connectivity index (χ0n) is 12.6. The number of hydrogen-bond acceptors (Lipinski definition) is 5. The zero-order chi connectivity index (χ0) is 16.5. The number of carbonyl (C=O) groups is 1. The predicted octanol–water partition coefficient (Wildman–Crippen LogP) is 3.22. The number of hydrogen-bond donors (Lipinski definition) is 0. The number of nitriles is 1. The van der Waals surface area contributed by atoms with Crippen molar-refractivity contribution in [2.75, 3.05) is 13.7 Å². The molecule has 0 saturated carbocycles. The Kier molecular flexibility index (Phi) is 5.78. The molecular formula is C18H15NO4. The van der Waals surface area contributed by atoms with Gasteiger partial charge in [-0.15, -0.1) is 0 Å². The Bertz CT molecular complexity index is 729. The molecule has 0 aromatic heterocycles. The highest BCUT2D eigenvalue weighted by Gasteiger charge is 2.06. The molecule has 0 aliphatic heterocycles. The Labute approximate surface area is 134 Å². The van der Waals surface area contributed by atoms with Crippen LogP contribution in [-0.4, -0.2) is 19.7 Å². The molecule has 0 saturated heterocycles. The fraction of sp³-hybridized carbons (Fsp3) is 0.111. The van der Waals surface area contributed by atoms with Crippen molar-refractivity contribution in [2.45, 2.75) is 0 Å². The first kappa shape index (κ1) is 16.1. The van der Waals surface area contributed by atoms with Crippen molar-refractivity contribution >= 4 is 12.0 Å². The minimum atomic E-state index is -0.501. The molecule has 0 fully saturated rings. The average Bonchev–Trinajstić information content (AvgIpc) is 2.59. The van der Waals surface area contributed by atoms with Crippen LogP contribution in [0, 0.1) is 11.3 Å². The Balaban J connectivity index is 1.97. The van der Waals surface area contributed by atoms with E-state index in [4.69, 9.17) is 19.5 Å². The van der Waals surface area contributed by atoms with E-state index < -0.39 is 5.97 Å². The summed E-state index contributed by atoms with van der Waals surface area (Å²) in [5.74, 6) is 0.956. The average molecular weight is 309 g/mol. The SMILES string of the molecule is COc1ccccc1OC(=O)/C=C/c1ccc(OCC#N)cc1. The summed E-state index contributed by atoms with van der Waals surface area (Å²) in [4.78, 5) is 11.8. The molecule has 116 valence electrons. The summed E-state index contributed by atoms with van der Waals surface area (Å²) in [5, 5.41) is 8.44. The monoisotopic (exact) mass is 309 g/mol. The highest BCUT2D eigenvalue weighted by Crippen LogP contribution is 2.26. The summed E-state index contributed by atoms with van der Waals surface area (Å²) >= 11 is 0. The van der Waals surface area contributed by atoms with Gasteiger partial charge < -0.3 is 14.2 Å². The van der Waals surface area contributed by atoms with Gasteiger partial charge in [-0.05, 0) is 35.9 Å². The largest absolute Gasteiger partial charge is 0.493 e. The lowest BCUT2D eigenvalue weighted by Gasteiger charge is -2.06. The van der Waals surface area contributed by atoms with Crippen molar-refractivity contribution in [1.29, 1.82) is 5.26 Å². The van der Waals surface area contributed by atoms with E-state index in [0.717, 1.165) is 5.56 Å². The molecule has 0 aliphatic rings. The van der Waals surface area contributed by atoms with Gasteiger partial charge in [-0.1, -0.05) is 24.3 Å². The number of ether oxygens (including phenoxy) is 3. The van der Waals surface area contributed by atoms with Crippen molar-refractivity contribution in [2.24, 2.45) is 0 Å². The molecule has 0 heterocycles. The number of para-hydroxylation sites is 2. The fourth-order valence-electron chi connectivity index (χ4n) is 1.80. The molecule has 2 aromatic rings. The number of carbonyl (C=O) groups excluding carboxylic acids is 1. The Morgan fingerprint density at radius 2 is 1.83 bits per heavy atom. The molecule has 2 rings (SSSR count). The quantitative estimate of drug-likeness (QED) is 0.465. The highest BCUT2D eigenvalue weighted by molar-refractivity contribution is 5.89. The number of benzene rings is 2. The van der Waals surface area contributed by atoms with Crippen LogP contribution in [0.3, 0.4) is 0 Å². The second-order valence-electron chi connectivity index (χ2n) is 4.42. The number of esters is 1. The number of rotatable bonds is 6. The number of methoxy groups -OCH3 is 1. The van der Waals surface area contributed by atoms with Crippen LogP contribution in [0.5, 0.6) is 17.2 Å². The van der Waals surface area contributed by atoms with E-state index in [1.54, 1.807) is 54.6 Å². The minimum Gasteiger partial charge on any atom is -0.493 e. The lowest BCUT2D eigenvalue weighted by molar-refractivity contribution is -0.129. The van der Waals surface area contributed by atoms with Crippen LogP contribution >= 0.6 is 0 Å². The molecule has 0 amide bonds. The third kappa shape index (κ3) is 4.90. The number of nitrogens with zero attached hydrogens (tertiary/aromatic N) is 1. The van der Waals surface area contributed by atoms with E-state index in [2.05, 4.69) is 0 Å². The van der Waals surface area contributed by atoms with Gasteiger partial charge in [0, 0.05) is 6.08 Å². The Morgan fingerprint density at radius 1 is 1.13 bits per heavy atom. The van der Waals surface area contributed by atoms with E-state index in [-0.39, 0.29) is 6.61 Å². The van der Waals surface area contributed by atoms with Crippen LogP contribution in [0.2, 0.25) is 0 Å². The molecule has 5 heteroatoms. The van der Waals surface area contributed by atoms with Gasteiger partial charge >= 0.3 is 5.97 Å². The molecule has 0 spiro atoms. The van der Waals surface area contributed by atoms with Crippen LogP contribution in [0.15, 0.2) is 54.6 Å². The summed E-state index contributed by atoms with van der Waals surface area (Å²) in [5.41, 5.74) is 0.811. The normalized spacial score (nSPS) is 10.1. The molecular weight excluding hydrogens is 294 g/mol. The highest BCUT2D eigenvalue weighted by atomic mass is 16.6. The lowest BCUT2D eigenvalue weighted by Crippen LogP contribution is -2.04. The summed E-state index contributed by atoms with van der Waals surface area (Å²) in [7, 11) is 1.51. The Hall–Kier alpha value is -3.26. The minimum absolute atomic E-state index is 0.000417. The third-order valence-electron chi connectivity index (χ3n) is 2.87. The van der Waals surface area contributed by atoms with Crippen LogP contribution in [0.25, 0.3) is 6.08 Å². The van der Waals surface area contributed by atoms with Crippen LogP contribution in [0.1, 0.15) is 5.56 Å². The first-order valence-corrected chi connectivity index (χ1v) is 6.85. The van der Waals surface area contributed by atoms with E-state index in [1.165, 1.54) is 13.2 Å².